The highest BCUT2D eigenvalue weighted by molar-refractivity contribution is 6.01. The molecule has 0 aromatic carbocycles. The Hall–Kier alpha value is -4.32. The third kappa shape index (κ3) is 5.19. The summed E-state index contributed by atoms with van der Waals surface area (Å²) >= 11 is 0. The second kappa shape index (κ2) is 10.4. The lowest BCUT2D eigenvalue weighted by Gasteiger charge is -2.24. The van der Waals surface area contributed by atoms with Gasteiger partial charge >= 0.3 is 0 Å². The van der Waals surface area contributed by atoms with Gasteiger partial charge < -0.3 is 30.1 Å². The van der Waals surface area contributed by atoms with Crippen molar-refractivity contribution in [3.8, 4) is 5.88 Å². The zero-order valence-electron chi connectivity index (χ0n) is 23.0. The first-order chi connectivity index (χ1) is 18.7. The van der Waals surface area contributed by atoms with Gasteiger partial charge in [-0.15, -0.1) is 0 Å². The number of pyridine rings is 2. The number of hydrogen-bond acceptors (Lipinski definition) is 11. The van der Waals surface area contributed by atoms with E-state index in [2.05, 4.69) is 74.9 Å². The molecule has 12 nitrogen and oxygen atoms in total. The van der Waals surface area contributed by atoms with Crippen LogP contribution in [0.3, 0.4) is 0 Å². The van der Waals surface area contributed by atoms with E-state index in [1.165, 1.54) is 12.4 Å². The van der Waals surface area contributed by atoms with E-state index < -0.39 is 0 Å². The molecular weight excluding hydrogens is 496 g/mol. The maximum absolute atomic E-state index is 12.3. The van der Waals surface area contributed by atoms with Gasteiger partial charge in [-0.05, 0) is 44.8 Å². The summed E-state index contributed by atoms with van der Waals surface area (Å²) in [6.07, 6.45) is 5.49. The average Bonchev–Trinajstić information content (AvgIpc) is 3.52. The summed E-state index contributed by atoms with van der Waals surface area (Å²) < 4.78 is 5.65. The largest absolute Gasteiger partial charge is 0.479 e. The number of methoxy groups -OCH3 is 1. The number of carbonyl (C=O) groups excluding carboxylic acids is 1. The topological polar surface area (TPSA) is 125 Å². The number of anilines is 6. The molecule has 0 spiro atoms. The number of nitrogens with one attached hydrogen (secondary N) is 2. The van der Waals surface area contributed by atoms with Crippen molar-refractivity contribution in [3.63, 3.8) is 0 Å². The lowest BCUT2D eigenvalue weighted by molar-refractivity contribution is -0.111. The number of carbonyl (C=O) groups is 1. The van der Waals surface area contributed by atoms with Gasteiger partial charge in [-0.3, -0.25) is 9.78 Å². The first-order valence-electron chi connectivity index (χ1n) is 12.8. The molecule has 0 radical (unpaired) electrons. The van der Waals surface area contributed by atoms with Crippen LogP contribution in [0.2, 0.25) is 0 Å². The highest BCUT2D eigenvalue weighted by Gasteiger charge is 2.38. The highest BCUT2D eigenvalue weighted by atomic mass is 16.5. The Morgan fingerprint density at radius 3 is 2.77 bits per heavy atom. The monoisotopic (exact) mass is 530 g/mol. The molecule has 2 N–H and O–H groups in total. The second-order valence-electron chi connectivity index (χ2n) is 10.5. The maximum atomic E-state index is 12.3. The van der Waals surface area contributed by atoms with Crippen molar-refractivity contribution in [2.45, 2.75) is 31.7 Å². The molecule has 0 unspecified atom stereocenters. The van der Waals surface area contributed by atoms with Crippen LogP contribution in [0.25, 0.3) is 0 Å². The molecule has 5 heterocycles. The fourth-order valence-electron chi connectivity index (χ4n) is 5.07. The van der Waals surface area contributed by atoms with Crippen LogP contribution in [-0.4, -0.2) is 82.6 Å². The number of ether oxygens (including phenoxy) is 1. The predicted octanol–water partition coefficient (Wildman–Crippen LogP) is 3.11. The summed E-state index contributed by atoms with van der Waals surface area (Å²) in [5.41, 5.74) is 2.86. The Morgan fingerprint density at radius 1 is 1.23 bits per heavy atom. The third-order valence-corrected chi connectivity index (χ3v) is 7.12. The number of rotatable bonds is 8. The molecule has 1 atom stereocenters. The van der Waals surface area contributed by atoms with Crippen molar-refractivity contribution >= 4 is 40.7 Å². The molecule has 2 aliphatic heterocycles. The molecule has 0 bridgehead atoms. The van der Waals surface area contributed by atoms with Crippen LogP contribution in [0.5, 0.6) is 5.88 Å². The Kier molecular flexibility index (Phi) is 7.04. The number of nitrogens with zero attached hydrogens (tertiary/aromatic N) is 8. The molecule has 2 aliphatic rings. The van der Waals surface area contributed by atoms with Gasteiger partial charge in [0.15, 0.2) is 5.82 Å². The fraction of sp³-hybridized carbons (Fsp3) is 0.407. The Balaban J connectivity index is 1.47. The smallest absolute Gasteiger partial charge is 0.247 e. The summed E-state index contributed by atoms with van der Waals surface area (Å²) in [4.78, 5) is 41.5. The first-order valence-corrected chi connectivity index (χ1v) is 12.8. The summed E-state index contributed by atoms with van der Waals surface area (Å²) in [7, 11) is 5.69. The molecule has 1 fully saturated rings. The van der Waals surface area contributed by atoms with Gasteiger partial charge in [0.1, 0.15) is 12.0 Å². The third-order valence-electron chi connectivity index (χ3n) is 7.12. The van der Waals surface area contributed by atoms with Gasteiger partial charge in [-0.1, -0.05) is 20.4 Å². The Labute approximate surface area is 228 Å². The van der Waals surface area contributed by atoms with E-state index in [0.717, 1.165) is 30.9 Å². The Morgan fingerprint density at radius 2 is 2.05 bits per heavy atom. The number of amides is 1. The zero-order chi connectivity index (χ0) is 27.7. The SMILES string of the molecule is C=CC(=O)Nc1cc(Nc2ncnc(N3CC(C)(C)c4ncccc43)n2)c(OC)nc1N1CC[C@@H](N(C)C)C1. The van der Waals surface area contributed by atoms with Crippen LogP contribution in [0.15, 0.2) is 43.4 Å². The van der Waals surface area contributed by atoms with Gasteiger partial charge in [0, 0.05) is 37.3 Å². The zero-order valence-corrected chi connectivity index (χ0v) is 23.0. The minimum Gasteiger partial charge on any atom is -0.479 e. The number of aromatic nitrogens is 5. The van der Waals surface area contributed by atoms with Crippen LogP contribution in [0.4, 0.5) is 34.8 Å². The van der Waals surface area contributed by atoms with Gasteiger partial charge in [0.25, 0.3) is 0 Å². The first kappa shape index (κ1) is 26.3. The van der Waals surface area contributed by atoms with E-state index in [1.807, 2.05) is 17.0 Å². The Bertz CT molecular complexity index is 1390. The second-order valence-corrected chi connectivity index (χ2v) is 10.5. The van der Waals surface area contributed by atoms with Crippen LogP contribution in [0, 0.1) is 0 Å². The lowest BCUT2D eigenvalue weighted by Crippen LogP contribution is -2.32. The normalized spacial score (nSPS) is 17.7. The van der Waals surface area contributed by atoms with Gasteiger partial charge in [-0.2, -0.15) is 9.97 Å². The van der Waals surface area contributed by atoms with E-state index in [1.54, 1.807) is 19.4 Å². The van der Waals surface area contributed by atoms with Crippen LogP contribution >= 0.6 is 0 Å². The molecule has 3 aromatic heterocycles. The van der Waals surface area contributed by atoms with E-state index in [9.17, 15) is 4.79 Å². The molecule has 0 aliphatic carbocycles. The highest BCUT2D eigenvalue weighted by Crippen LogP contribution is 2.42. The molecule has 1 amide bonds. The lowest BCUT2D eigenvalue weighted by atomic mass is 9.91. The van der Waals surface area contributed by atoms with E-state index in [4.69, 9.17) is 9.72 Å². The van der Waals surface area contributed by atoms with Crippen molar-refractivity contribution in [2.75, 3.05) is 61.3 Å². The molecule has 39 heavy (non-hydrogen) atoms. The average molecular weight is 531 g/mol. The fourth-order valence-corrected chi connectivity index (χ4v) is 5.07. The molecule has 3 aromatic rings. The van der Waals surface area contributed by atoms with E-state index >= 15 is 0 Å². The molecule has 204 valence electrons. The van der Waals surface area contributed by atoms with E-state index in [-0.39, 0.29) is 11.3 Å². The number of hydrogen-bond donors (Lipinski definition) is 2. The van der Waals surface area contributed by atoms with Crippen molar-refractivity contribution < 1.29 is 9.53 Å². The summed E-state index contributed by atoms with van der Waals surface area (Å²) in [6, 6.07) is 6.10. The van der Waals surface area contributed by atoms with Gasteiger partial charge in [-0.25, -0.2) is 9.97 Å². The van der Waals surface area contributed by atoms with Gasteiger partial charge in [0.05, 0.1) is 24.2 Å². The molecule has 12 heteroatoms. The van der Waals surface area contributed by atoms with E-state index in [0.29, 0.717) is 47.6 Å². The molecule has 5 rings (SSSR count). The van der Waals surface area contributed by atoms with Crippen molar-refractivity contribution in [2.24, 2.45) is 0 Å². The molecule has 1 saturated heterocycles. The quantitative estimate of drug-likeness (QED) is 0.417. The van der Waals surface area contributed by atoms with Crippen LogP contribution < -0.4 is 25.2 Å². The van der Waals surface area contributed by atoms with Crippen molar-refractivity contribution in [1.82, 2.24) is 29.8 Å². The maximum Gasteiger partial charge on any atom is 0.247 e. The standard InChI is InChI=1S/C27H34N10O2/c1-7-21(38)31-18-13-19(24(39-6)33-23(18)36-12-10-17(14-36)35(4)5)32-25-29-16-30-26(34-25)37-15-27(2,3)22-20(37)9-8-11-28-22/h7-9,11,13,16-17H,1,10,12,14-15H2,2-6H3,(H,31,38)(H,29,30,32,34)/t17-/m1/s1. The van der Waals surface area contributed by atoms with Crippen molar-refractivity contribution in [3.05, 3.63) is 49.1 Å². The summed E-state index contributed by atoms with van der Waals surface area (Å²) in [6.45, 7) is 10.2. The summed E-state index contributed by atoms with van der Waals surface area (Å²) in [5, 5.41) is 6.11. The number of fused-ring (bicyclic) bond motifs is 1. The van der Waals surface area contributed by atoms with Crippen LogP contribution in [-0.2, 0) is 10.2 Å². The number of likely N-dealkylation sites (N-methyl/N-ethyl adjacent to an activating group) is 1. The molecular formula is C27H34N10O2. The molecule has 0 saturated carbocycles. The predicted molar refractivity (Wildman–Crippen MR) is 151 cm³/mol. The summed E-state index contributed by atoms with van der Waals surface area (Å²) in [5.74, 6) is 1.48. The minimum absolute atomic E-state index is 0.154. The minimum atomic E-state index is -0.330. The van der Waals surface area contributed by atoms with Gasteiger partial charge in [0.2, 0.25) is 23.7 Å². The van der Waals surface area contributed by atoms with Crippen molar-refractivity contribution in [1.29, 1.82) is 0 Å². The van der Waals surface area contributed by atoms with Crippen LogP contribution in [0.1, 0.15) is 26.0 Å².